The standard InChI is InChI=1S/C14H22BrNO2/c1-5-16-9-8-10(2)11-6-7-12(17-3)13(15)14(11)18-4/h6-7,10,16H,5,8-9H2,1-4H3. The van der Waals surface area contributed by atoms with Gasteiger partial charge in [-0.15, -0.1) is 0 Å². The molecule has 1 aromatic rings. The molecule has 1 N–H and O–H groups in total. The SMILES string of the molecule is CCNCCC(C)c1ccc(OC)c(Br)c1OC. The van der Waals surface area contributed by atoms with Crippen molar-refractivity contribution in [2.75, 3.05) is 27.3 Å². The van der Waals surface area contributed by atoms with Crippen LogP contribution < -0.4 is 14.8 Å². The summed E-state index contributed by atoms with van der Waals surface area (Å²) in [6.45, 7) is 6.37. The number of nitrogens with one attached hydrogen (secondary N) is 1. The van der Waals surface area contributed by atoms with E-state index < -0.39 is 0 Å². The summed E-state index contributed by atoms with van der Waals surface area (Å²) in [6.07, 6.45) is 1.09. The smallest absolute Gasteiger partial charge is 0.140 e. The van der Waals surface area contributed by atoms with Gasteiger partial charge in [0.2, 0.25) is 0 Å². The molecular formula is C14H22BrNO2. The Labute approximate surface area is 118 Å². The first kappa shape index (κ1) is 15.3. The second kappa shape index (κ2) is 7.64. The molecule has 1 unspecified atom stereocenters. The fourth-order valence-electron chi connectivity index (χ4n) is 1.96. The number of hydrogen-bond acceptors (Lipinski definition) is 3. The quantitative estimate of drug-likeness (QED) is 0.780. The van der Waals surface area contributed by atoms with Crippen molar-refractivity contribution in [1.82, 2.24) is 5.32 Å². The highest BCUT2D eigenvalue weighted by atomic mass is 79.9. The molecule has 4 heteroatoms. The summed E-state index contributed by atoms with van der Waals surface area (Å²) in [5.74, 6) is 2.12. The van der Waals surface area contributed by atoms with Gasteiger partial charge in [0.25, 0.3) is 0 Å². The highest BCUT2D eigenvalue weighted by Crippen LogP contribution is 2.40. The van der Waals surface area contributed by atoms with Crippen LogP contribution in [0, 0.1) is 0 Å². The number of methoxy groups -OCH3 is 2. The summed E-state index contributed by atoms with van der Waals surface area (Å²) in [6, 6.07) is 4.06. The number of halogens is 1. The first-order chi connectivity index (χ1) is 8.65. The predicted octanol–water partition coefficient (Wildman–Crippen LogP) is 3.57. The third-order valence-corrected chi connectivity index (χ3v) is 3.80. The Hall–Kier alpha value is -0.740. The second-order valence-corrected chi connectivity index (χ2v) is 5.04. The van der Waals surface area contributed by atoms with E-state index in [1.54, 1.807) is 14.2 Å². The van der Waals surface area contributed by atoms with E-state index in [1.807, 2.05) is 6.07 Å². The van der Waals surface area contributed by atoms with Crippen molar-refractivity contribution in [3.63, 3.8) is 0 Å². The van der Waals surface area contributed by atoms with Crippen LogP contribution in [-0.2, 0) is 0 Å². The van der Waals surface area contributed by atoms with Gasteiger partial charge in [-0.3, -0.25) is 0 Å². The summed E-state index contributed by atoms with van der Waals surface area (Å²) in [4.78, 5) is 0. The minimum absolute atomic E-state index is 0.446. The van der Waals surface area contributed by atoms with Gasteiger partial charge in [-0.05, 0) is 53.0 Å². The lowest BCUT2D eigenvalue weighted by atomic mass is 9.96. The highest BCUT2D eigenvalue weighted by molar-refractivity contribution is 9.10. The van der Waals surface area contributed by atoms with Crippen molar-refractivity contribution in [2.45, 2.75) is 26.2 Å². The molecule has 0 aliphatic carbocycles. The number of rotatable bonds is 7. The van der Waals surface area contributed by atoms with E-state index in [4.69, 9.17) is 9.47 Å². The minimum atomic E-state index is 0.446. The summed E-state index contributed by atoms with van der Waals surface area (Å²) in [5.41, 5.74) is 1.21. The minimum Gasteiger partial charge on any atom is -0.495 e. The van der Waals surface area contributed by atoms with E-state index in [-0.39, 0.29) is 0 Å². The molecule has 18 heavy (non-hydrogen) atoms. The maximum Gasteiger partial charge on any atom is 0.140 e. The van der Waals surface area contributed by atoms with Gasteiger partial charge in [-0.25, -0.2) is 0 Å². The van der Waals surface area contributed by atoms with Crippen LogP contribution >= 0.6 is 15.9 Å². The molecule has 0 bridgehead atoms. The Kier molecular flexibility index (Phi) is 6.50. The third kappa shape index (κ3) is 3.62. The molecule has 0 saturated heterocycles. The fourth-order valence-corrected chi connectivity index (χ4v) is 2.64. The molecule has 3 nitrogen and oxygen atoms in total. The van der Waals surface area contributed by atoms with E-state index in [0.29, 0.717) is 5.92 Å². The molecule has 0 amide bonds. The molecule has 1 rings (SSSR count). The third-order valence-electron chi connectivity index (χ3n) is 3.05. The normalized spacial score (nSPS) is 12.3. The molecule has 0 aromatic heterocycles. The molecule has 0 fully saturated rings. The Balaban J connectivity index is 2.90. The number of ether oxygens (including phenoxy) is 2. The van der Waals surface area contributed by atoms with Crippen molar-refractivity contribution in [1.29, 1.82) is 0 Å². The van der Waals surface area contributed by atoms with Crippen LogP contribution in [0.25, 0.3) is 0 Å². The summed E-state index contributed by atoms with van der Waals surface area (Å²) in [5, 5.41) is 3.35. The lowest BCUT2D eigenvalue weighted by Crippen LogP contribution is -2.16. The molecule has 0 aliphatic rings. The topological polar surface area (TPSA) is 30.5 Å². The number of benzene rings is 1. The zero-order valence-electron chi connectivity index (χ0n) is 11.5. The van der Waals surface area contributed by atoms with Gasteiger partial charge in [0.15, 0.2) is 0 Å². The molecule has 0 heterocycles. The predicted molar refractivity (Wildman–Crippen MR) is 78.8 cm³/mol. The number of hydrogen-bond donors (Lipinski definition) is 1. The molecule has 1 atom stereocenters. The van der Waals surface area contributed by atoms with E-state index in [9.17, 15) is 0 Å². The van der Waals surface area contributed by atoms with Crippen LogP contribution in [0.5, 0.6) is 11.5 Å². The highest BCUT2D eigenvalue weighted by Gasteiger charge is 2.16. The molecule has 102 valence electrons. The van der Waals surface area contributed by atoms with Gasteiger partial charge < -0.3 is 14.8 Å². The van der Waals surface area contributed by atoms with Crippen LogP contribution in [0.1, 0.15) is 31.7 Å². The van der Waals surface area contributed by atoms with Gasteiger partial charge in [-0.2, -0.15) is 0 Å². The van der Waals surface area contributed by atoms with E-state index in [2.05, 4.69) is 41.2 Å². The zero-order chi connectivity index (χ0) is 13.5. The molecule has 0 radical (unpaired) electrons. The lowest BCUT2D eigenvalue weighted by Gasteiger charge is -2.18. The van der Waals surface area contributed by atoms with Crippen LogP contribution in [0.4, 0.5) is 0 Å². The largest absolute Gasteiger partial charge is 0.495 e. The molecule has 0 aliphatic heterocycles. The van der Waals surface area contributed by atoms with Gasteiger partial charge >= 0.3 is 0 Å². The van der Waals surface area contributed by atoms with Gasteiger partial charge in [0, 0.05) is 0 Å². The monoisotopic (exact) mass is 315 g/mol. The van der Waals surface area contributed by atoms with Crippen molar-refractivity contribution in [3.05, 3.63) is 22.2 Å². The average Bonchev–Trinajstić information content (AvgIpc) is 2.38. The van der Waals surface area contributed by atoms with Crippen LogP contribution in [-0.4, -0.2) is 27.3 Å². The maximum absolute atomic E-state index is 5.50. The lowest BCUT2D eigenvalue weighted by molar-refractivity contribution is 0.383. The molecular weight excluding hydrogens is 294 g/mol. The van der Waals surface area contributed by atoms with Crippen LogP contribution in [0.2, 0.25) is 0 Å². The van der Waals surface area contributed by atoms with Crippen molar-refractivity contribution >= 4 is 15.9 Å². The van der Waals surface area contributed by atoms with Gasteiger partial charge in [-0.1, -0.05) is 19.9 Å². The van der Waals surface area contributed by atoms with E-state index >= 15 is 0 Å². The fraction of sp³-hybridized carbons (Fsp3) is 0.571. The molecule has 0 saturated carbocycles. The first-order valence-electron chi connectivity index (χ1n) is 6.26. The first-order valence-corrected chi connectivity index (χ1v) is 7.06. The van der Waals surface area contributed by atoms with Crippen LogP contribution in [0.3, 0.4) is 0 Å². The van der Waals surface area contributed by atoms with Gasteiger partial charge in [0.1, 0.15) is 16.0 Å². The Morgan fingerprint density at radius 2 is 2.00 bits per heavy atom. The second-order valence-electron chi connectivity index (χ2n) is 4.25. The zero-order valence-corrected chi connectivity index (χ0v) is 13.1. The summed E-state index contributed by atoms with van der Waals surface area (Å²) >= 11 is 3.54. The Morgan fingerprint density at radius 3 is 2.56 bits per heavy atom. The summed E-state index contributed by atoms with van der Waals surface area (Å²) < 4.78 is 11.7. The van der Waals surface area contributed by atoms with E-state index in [0.717, 1.165) is 35.5 Å². The Morgan fingerprint density at radius 1 is 1.28 bits per heavy atom. The molecule has 1 aromatic carbocycles. The summed E-state index contributed by atoms with van der Waals surface area (Å²) in [7, 11) is 3.36. The average molecular weight is 316 g/mol. The van der Waals surface area contributed by atoms with Crippen molar-refractivity contribution < 1.29 is 9.47 Å². The van der Waals surface area contributed by atoms with Crippen molar-refractivity contribution in [2.24, 2.45) is 0 Å². The van der Waals surface area contributed by atoms with Crippen molar-refractivity contribution in [3.8, 4) is 11.5 Å². The van der Waals surface area contributed by atoms with Gasteiger partial charge in [0.05, 0.1) is 14.2 Å². The molecule has 0 spiro atoms. The van der Waals surface area contributed by atoms with Crippen LogP contribution in [0.15, 0.2) is 16.6 Å². The Bertz CT molecular complexity index is 382. The van der Waals surface area contributed by atoms with E-state index in [1.165, 1.54) is 5.56 Å². The maximum atomic E-state index is 5.50.